The third kappa shape index (κ3) is 2.08. The summed E-state index contributed by atoms with van der Waals surface area (Å²) in [6.07, 6.45) is 5.64. The Kier molecular flexibility index (Phi) is 3.37. The van der Waals surface area contributed by atoms with Gasteiger partial charge in [-0.15, -0.1) is 24.4 Å². The highest BCUT2D eigenvalue weighted by Gasteiger charge is 2.43. The second-order valence-corrected chi connectivity index (χ2v) is 6.68. The van der Waals surface area contributed by atoms with Crippen LogP contribution in [0.2, 0.25) is 0 Å². The summed E-state index contributed by atoms with van der Waals surface area (Å²) >= 11 is 6.30. The Bertz CT molecular complexity index is 196. The summed E-state index contributed by atoms with van der Waals surface area (Å²) in [5.41, 5.74) is -0.408. The SMILES string of the molecule is CN1CC(C2(O)CCCCC2)SC1S. The molecule has 0 spiro atoms. The minimum atomic E-state index is -0.408. The Morgan fingerprint density at radius 3 is 2.50 bits per heavy atom. The van der Waals surface area contributed by atoms with Crippen LogP contribution >= 0.6 is 24.4 Å². The van der Waals surface area contributed by atoms with E-state index in [0.717, 1.165) is 19.4 Å². The number of thiol groups is 1. The van der Waals surface area contributed by atoms with E-state index < -0.39 is 5.60 Å². The maximum atomic E-state index is 10.5. The van der Waals surface area contributed by atoms with Gasteiger partial charge in [-0.1, -0.05) is 19.3 Å². The van der Waals surface area contributed by atoms with E-state index in [2.05, 4.69) is 24.6 Å². The van der Waals surface area contributed by atoms with E-state index in [-0.39, 0.29) is 4.71 Å². The quantitative estimate of drug-likeness (QED) is 0.677. The van der Waals surface area contributed by atoms with Crippen molar-refractivity contribution in [2.24, 2.45) is 0 Å². The van der Waals surface area contributed by atoms with Crippen molar-refractivity contribution < 1.29 is 5.11 Å². The first kappa shape index (κ1) is 11.1. The standard InChI is InChI=1S/C10H19NOS2/c1-11-7-8(14-9(11)13)10(12)5-3-2-4-6-10/h8-9,12-13H,2-7H2,1H3. The molecule has 0 bridgehead atoms. The first-order valence-corrected chi connectivity index (χ1v) is 6.84. The lowest BCUT2D eigenvalue weighted by Crippen LogP contribution is -2.43. The summed E-state index contributed by atoms with van der Waals surface area (Å²) in [5, 5.41) is 10.9. The molecule has 0 aromatic rings. The molecule has 1 N–H and O–H groups in total. The molecule has 0 amide bonds. The fourth-order valence-corrected chi connectivity index (χ4v) is 4.36. The zero-order chi connectivity index (χ0) is 10.2. The van der Waals surface area contributed by atoms with Gasteiger partial charge in [-0.25, -0.2) is 0 Å². The molecule has 2 aliphatic rings. The van der Waals surface area contributed by atoms with Gasteiger partial charge in [0.1, 0.15) is 0 Å². The molecule has 2 unspecified atom stereocenters. The van der Waals surface area contributed by atoms with Gasteiger partial charge in [0, 0.05) is 11.8 Å². The predicted octanol–water partition coefficient (Wildman–Crippen LogP) is 1.94. The molecule has 14 heavy (non-hydrogen) atoms. The van der Waals surface area contributed by atoms with E-state index >= 15 is 0 Å². The molecule has 0 radical (unpaired) electrons. The van der Waals surface area contributed by atoms with Crippen molar-refractivity contribution in [1.29, 1.82) is 0 Å². The number of rotatable bonds is 1. The van der Waals surface area contributed by atoms with Crippen LogP contribution in [0.15, 0.2) is 0 Å². The number of hydrogen-bond donors (Lipinski definition) is 2. The highest BCUT2D eigenvalue weighted by molar-refractivity contribution is 8.11. The lowest BCUT2D eigenvalue weighted by atomic mass is 9.82. The lowest BCUT2D eigenvalue weighted by molar-refractivity contribution is 0.0000449. The highest BCUT2D eigenvalue weighted by Crippen LogP contribution is 2.43. The van der Waals surface area contributed by atoms with E-state index in [1.807, 2.05) is 11.8 Å². The van der Waals surface area contributed by atoms with E-state index in [1.165, 1.54) is 19.3 Å². The molecule has 2 nitrogen and oxygen atoms in total. The predicted molar refractivity (Wildman–Crippen MR) is 64.8 cm³/mol. The van der Waals surface area contributed by atoms with Crippen LogP contribution in [0.5, 0.6) is 0 Å². The molecule has 0 aromatic carbocycles. The van der Waals surface area contributed by atoms with Crippen LogP contribution < -0.4 is 0 Å². The van der Waals surface area contributed by atoms with Gasteiger partial charge in [-0.3, -0.25) is 4.90 Å². The maximum absolute atomic E-state index is 10.5. The van der Waals surface area contributed by atoms with Crippen molar-refractivity contribution in [3.8, 4) is 0 Å². The molecule has 1 saturated heterocycles. The van der Waals surface area contributed by atoms with E-state index in [4.69, 9.17) is 0 Å². The van der Waals surface area contributed by atoms with Crippen molar-refractivity contribution in [1.82, 2.24) is 4.90 Å². The van der Waals surface area contributed by atoms with Crippen LogP contribution in [-0.4, -0.2) is 39.2 Å². The molecular formula is C10H19NOS2. The van der Waals surface area contributed by atoms with Crippen molar-refractivity contribution in [2.45, 2.75) is 47.7 Å². The number of aliphatic hydroxyl groups is 1. The zero-order valence-electron chi connectivity index (χ0n) is 8.65. The Labute approximate surface area is 95.8 Å². The molecule has 2 rings (SSSR count). The van der Waals surface area contributed by atoms with Crippen molar-refractivity contribution in [3.63, 3.8) is 0 Å². The van der Waals surface area contributed by atoms with E-state index in [1.54, 1.807) is 0 Å². The molecule has 1 aliphatic heterocycles. The number of nitrogens with zero attached hydrogens (tertiary/aromatic N) is 1. The average molecular weight is 233 g/mol. The molecule has 4 heteroatoms. The third-order valence-corrected chi connectivity index (χ3v) is 5.71. The number of thioether (sulfide) groups is 1. The van der Waals surface area contributed by atoms with Crippen molar-refractivity contribution >= 4 is 24.4 Å². The molecular weight excluding hydrogens is 214 g/mol. The Morgan fingerprint density at radius 2 is 2.00 bits per heavy atom. The van der Waals surface area contributed by atoms with Gasteiger partial charge in [0.05, 0.1) is 10.3 Å². The summed E-state index contributed by atoms with van der Waals surface area (Å²) < 4.78 is 0.269. The van der Waals surface area contributed by atoms with Crippen molar-refractivity contribution in [2.75, 3.05) is 13.6 Å². The van der Waals surface area contributed by atoms with Crippen LogP contribution in [0.25, 0.3) is 0 Å². The van der Waals surface area contributed by atoms with Gasteiger partial charge >= 0.3 is 0 Å². The second-order valence-electron chi connectivity index (χ2n) is 4.55. The summed E-state index contributed by atoms with van der Waals surface area (Å²) in [4.78, 5) is 2.21. The van der Waals surface area contributed by atoms with E-state index in [0.29, 0.717) is 5.25 Å². The van der Waals surface area contributed by atoms with Gasteiger partial charge in [0.2, 0.25) is 0 Å². The van der Waals surface area contributed by atoms with Crippen LogP contribution in [-0.2, 0) is 0 Å². The maximum Gasteiger partial charge on any atom is 0.1000 e. The summed E-state index contributed by atoms with van der Waals surface area (Å²) in [6, 6.07) is 0. The van der Waals surface area contributed by atoms with Gasteiger partial charge in [0.25, 0.3) is 0 Å². The zero-order valence-corrected chi connectivity index (χ0v) is 10.4. The monoisotopic (exact) mass is 233 g/mol. The van der Waals surface area contributed by atoms with Gasteiger partial charge in [0.15, 0.2) is 0 Å². The Morgan fingerprint density at radius 1 is 1.36 bits per heavy atom. The summed E-state index contributed by atoms with van der Waals surface area (Å²) in [5.74, 6) is 0. The van der Waals surface area contributed by atoms with Gasteiger partial charge in [-0.2, -0.15) is 0 Å². The first-order chi connectivity index (χ1) is 6.62. The molecule has 2 fully saturated rings. The van der Waals surface area contributed by atoms with Crippen LogP contribution in [0, 0.1) is 0 Å². The molecule has 1 saturated carbocycles. The molecule has 1 heterocycles. The van der Waals surface area contributed by atoms with Crippen LogP contribution in [0.4, 0.5) is 0 Å². The molecule has 1 aliphatic carbocycles. The fourth-order valence-electron chi connectivity index (χ4n) is 2.43. The smallest absolute Gasteiger partial charge is 0.1000 e. The fraction of sp³-hybridized carbons (Fsp3) is 1.00. The second kappa shape index (κ2) is 4.24. The Balaban J connectivity index is 2.00. The van der Waals surface area contributed by atoms with Crippen molar-refractivity contribution in [3.05, 3.63) is 0 Å². The minimum Gasteiger partial charge on any atom is -0.389 e. The Hall–Kier alpha value is 0.620. The molecule has 2 atom stereocenters. The third-order valence-electron chi connectivity index (χ3n) is 3.44. The largest absolute Gasteiger partial charge is 0.389 e. The van der Waals surface area contributed by atoms with E-state index in [9.17, 15) is 5.11 Å². The highest BCUT2D eigenvalue weighted by atomic mass is 32.2. The van der Waals surface area contributed by atoms with Crippen LogP contribution in [0.1, 0.15) is 32.1 Å². The normalized spacial score (nSPS) is 38.8. The average Bonchev–Trinajstić information content (AvgIpc) is 2.49. The van der Waals surface area contributed by atoms with Gasteiger partial charge < -0.3 is 5.11 Å². The lowest BCUT2D eigenvalue weighted by Gasteiger charge is -2.36. The minimum absolute atomic E-state index is 0.269. The van der Waals surface area contributed by atoms with Gasteiger partial charge in [-0.05, 0) is 19.9 Å². The number of hydrogen-bond acceptors (Lipinski definition) is 4. The van der Waals surface area contributed by atoms with Crippen LogP contribution in [0.3, 0.4) is 0 Å². The summed E-state index contributed by atoms with van der Waals surface area (Å²) in [6.45, 7) is 0.981. The first-order valence-electron chi connectivity index (χ1n) is 5.38. The molecule has 82 valence electrons. The molecule has 0 aromatic heterocycles. The summed E-state index contributed by atoms with van der Waals surface area (Å²) in [7, 11) is 2.08. The topological polar surface area (TPSA) is 23.5 Å².